The summed E-state index contributed by atoms with van der Waals surface area (Å²) < 4.78 is 0. The first kappa shape index (κ1) is 16.6. The van der Waals surface area contributed by atoms with Crippen molar-refractivity contribution in [2.24, 2.45) is 11.1 Å². The molecule has 3 nitrogen and oxygen atoms in total. The van der Waals surface area contributed by atoms with Gasteiger partial charge in [0.25, 0.3) is 0 Å². The van der Waals surface area contributed by atoms with Crippen molar-refractivity contribution in [2.45, 2.75) is 33.2 Å². The highest BCUT2D eigenvalue weighted by atomic mass is 35.5. The van der Waals surface area contributed by atoms with Gasteiger partial charge in [-0.05, 0) is 43.5 Å². The van der Waals surface area contributed by atoms with Crippen LogP contribution in [-0.4, -0.2) is 43.2 Å². The first-order valence-electron chi connectivity index (χ1n) is 7.71. The monoisotopic (exact) mass is 309 g/mol. The lowest BCUT2D eigenvalue weighted by molar-refractivity contribution is 0.109. The van der Waals surface area contributed by atoms with Gasteiger partial charge in [0, 0.05) is 49.0 Å². The van der Waals surface area contributed by atoms with E-state index in [-0.39, 0.29) is 11.0 Å². The van der Waals surface area contributed by atoms with Crippen LogP contribution in [0.4, 0.5) is 5.69 Å². The summed E-state index contributed by atoms with van der Waals surface area (Å²) in [5.74, 6) is 0. The van der Waals surface area contributed by atoms with Crippen LogP contribution < -0.4 is 10.6 Å². The summed E-state index contributed by atoms with van der Waals surface area (Å²) >= 11 is 5.95. The molecule has 21 heavy (non-hydrogen) atoms. The van der Waals surface area contributed by atoms with E-state index in [0.29, 0.717) is 0 Å². The van der Waals surface area contributed by atoms with E-state index in [9.17, 15) is 0 Å². The molecule has 2 rings (SSSR count). The van der Waals surface area contributed by atoms with Gasteiger partial charge in [-0.3, -0.25) is 4.90 Å². The van der Waals surface area contributed by atoms with E-state index in [1.807, 2.05) is 12.1 Å². The molecule has 1 fully saturated rings. The fraction of sp³-hybridized carbons (Fsp3) is 0.647. The molecule has 2 N–H and O–H groups in total. The molecule has 0 atom stereocenters. The van der Waals surface area contributed by atoms with Crippen LogP contribution in [0.15, 0.2) is 24.3 Å². The fourth-order valence-corrected chi connectivity index (χ4v) is 2.70. The summed E-state index contributed by atoms with van der Waals surface area (Å²) in [5, 5.41) is 0.796. The number of benzene rings is 1. The highest BCUT2D eigenvalue weighted by Crippen LogP contribution is 2.30. The van der Waals surface area contributed by atoms with E-state index >= 15 is 0 Å². The van der Waals surface area contributed by atoms with Crippen LogP contribution in [0.1, 0.15) is 27.7 Å². The highest BCUT2D eigenvalue weighted by molar-refractivity contribution is 6.30. The van der Waals surface area contributed by atoms with Gasteiger partial charge in [0.05, 0.1) is 0 Å². The van der Waals surface area contributed by atoms with Crippen molar-refractivity contribution in [2.75, 3.05) is 37.6 Å². The number of nitrogens with zero attached hydrogens (tertiary/aromatic N) is 2. The molecule has 1 heterocycles. The molecule has 0 aliphatic carbocycles. The van der Waals surface area contributed by atoms with Crippen molar-refractivity contribution < 1.29 is 0 Å². The molecule has 1 aromatic carbocycles. The molecule has 0 bridgehead atoms. The van der Waals surface area contributed by atoms with Crippen LogP contribution >= 0.6 is 11.6 Å². The lowest BCUT2D eigenvalue weighted by Gasteiger charge is -2.45. The Morgan fingerprint density at radius 1 is 1.00 bits per heavy atom. The molecule has 0 spiro atoms. The highest BCUT2D eigenvalue weighted by Gasteiger charge is 2.35. The summed E-state index contributed by atoms with van der Waals surface area (Å²) in [5.41, 5.74) is 7.52. The van der Waals surface area contributed by atoms with Crippen LogP contribution in [0.3, 0.4) is 0 Å². The topological polar surface area (TPSA) is 32.5 Å². The molecule has 1 aliphatic heterocycles. The number of anilines is 1. The summed E-state index contributed by atoms with van der Waals surface area (Å²) in [4.78, 5) is 4.95. The Balaban J connectivity index is 1.90. The Kier molecular flexibility index (Phi) is 4.86. The second-order valence-electron chi connectivity index (χ2n) is 7.35. The van der Waals surface area contributed by atoms with Crippen LogP contribution in [0.2, 0.25) is 5.02 Å². The number of piperazine rings is 1. The molecule has 0 saturated carbocycles. The van der Waals surface area contributed by atoms with Gasteiger partial charge < -0.3 is 10.6 Å². The fourth-order valence-electron chi connectivity index (χ4n) is 2.58. The maximum atomic E-state index is 6.31. The average Bonchev–Trinajstić information content (AvgIpc) is 2.39. The van der Waals surface area contributed by atoms with E-state index in [0.717, 1.165) is 37.7 Å². The van der Waals surface area contributed by atoms with Crippen molar-refractivity contribution in [3.05, 3.63) is 29.3 Å². The minimum absolute atomic E-state index is 0.107. The third kappa shape index (κ3) is 4.12. The van der Waals surface area contributed by atoms with Crippen molar-refractivity contribution in [3.8, 4) is 0 Å². The standard InChI is InChI=1S/C17H28ClN3/c1-16(2,17(3,4)19)13-20-9-11-21(12-10-20)15-7-5-14(18)6-8-15/h5-8H,9-13,19H2,1-4H3. The predicted molar refractivity (Wildman–Crippen MR) is 92.2 cm³/mol. The molecule has 4 heteroatoms. The van der Waals surface area contributed by atoms with Gasteiger partial charge in [0.2, 0.25) is 0 Å². The minimum atomic E-state index is -0.166. The second-order valence-corrected chi connectivity index (χ2v) is 7.78. The Morgan fingerprint density at radius 3 is 2.00 bits per heavy atom. The minimum Gasteiger partial charge on any atom is -0.369 e. The zero-order chi connectivity index (χ0) is 15.7. The number of halogens is 1. The van der Waals surface area contributed by atoms with Crippen molar-refractivity contribution >= 4 is 17.3 Å². The van der Waals surface area contributed by atoms with Gasteiger partial charge in [-0.1, -0.05) is 25.4 Å². The van der Waals surface area contributed by atoms with Crippen molar-refractivity contribution in [1.82, 2.24) is 4.90 Å². The summed E-state index contributed by atoms with van der Waals surface area (Å²) in [6.45, 7) is 14.1. The van der Waals surface area contributed by atoms with E-state index in [1.165, 1.54) is 5.69 Å². The predicted octanol–water partition coefficient (Wildman–Crippen LogP) is 3.23. The molecule has 0 radical (unpaired) electrons. The van der Waals surface area contributed by atoms with Crippen molar-refractivity contribution in [1.29, 1.82) is 0 Å². The number of hydrogen-bond acceptors (Lipinski definition) is 3. The average molecular weight is 310 g/mol. The van der Waals surface area contributed by atoms with Gasteiger partial charge in [0.1, 0.15) is 0 Å². The second kappa shape index (κ2) is 6.15. The Labute approximate surface area is 134 Å². The smallest absolute Gasteiger partial charge is 0.0407 e. The van der Waals surface area contributed by atoms with E-state index in [1.54, 1.807) is 0 Å². The maximum Gasteiger partial charge on any atom is 0.0407 e. The van der Waals surface area contributed by atoms with Gasteiger partial charge in [-0.25, -0.2) is 0 Å². The lowest BCUT2D eigenvalue weighted by Crippen LogP contribution is -2.56. The first-order chi connectivity index (χ1) is 9.69. The molecule has 0 amide bonds. The first-order valence-corrected chi connectivity index (χ1v) is 8.09. The van der Waals surface area contributed by atoms with E-state index < -0.39 is 0 Å². The molecule has 1 saturated heterocycles. The summed E-state index contributed by atoms with van der Waals surface area (Å²) in [6, 6.07) is 8.13. The van der Waals surface area contributed by atoms with Crippen LogP contribution in [0.5, 0.6) is 0 Å². The Bertz CT molecular complexity index is 454. The number of hydrogen-bond donors (Lipinski definition) is 1. The molecular formula is C17H28ClN3. The van der Waals surface area contributed by atoms with Gasteiger partial charge >= 0.3 is 0 Å². The number of nitrogens with two attached hydrogens (primary N) is 1. The summed E-state index contributed by atoms with van der Waals surface area (Å²) in [7, 11) is 0. The lowest BCUT2D eigenvalue weighted by atomic mass is 9.75. The van der Waals surface area contributed by atoms with Crippen LogP contribution in [0, 0.1) is 5.41 Å². The molecular weight excluding hydrogens is 282 g/mol. The van der Waals surface area contributed by atoms with Gasteiger partial charge in [-0.2, -0.15) is 0 Å². The van der Waals surface area contributed by atoms with Gasteiger partial charge in [-0.15, -0.1) is 0 Å². The van der Waals surface area contributed by atoms with Gasteiger partial charge in [0.15, 0.2) is 0 Å². The normalized spacial score (nSPS) is 18.1. The zero-order valence-corrected chi connectivity index (χ0v) is 14.5. The van der Waals surface area contributed by atoms with Crippen LogP contribution in [-0.2, 0) is 0 Å². The zero-order valence-electron chi connectivity index (χ0n) is 13.7. The Hall–Kier alpha value is -0.770. The Morgan fingerprint density at radius 2 is 1.52 bits per heavy atom. The third-order valence-corrected chi connectivity index (χ3v) is 5.18. The maximum absolute atomic E-state index is 6.31. The quantitative estimate of drug-likeness (QED) is 0.927. The molecule has 0 aromatic heterocycles. The molecule has 118 valence electrons. The largest absolute Gasteiger partial charge is 0.369 e. The van der Waals surface area contributed by atoms with E-state index in [2.05, 4.69) is 49.6 Å². The summed E-state index contributed by atoms with van der Waals surface area (Å²) in [6.07, 6.45) is 0. The third-order valence-electron chi connectivity index (χ3n) is 4.93. The molecule has 0 unspecified atom stereocenters. The van der Waals surface area contributed by atoms with Crippen LogP contribution in [0.25, 0.3) is 0 Å². The van der Waals surface area contributed by atoms with E-state index in [4.69, 9.17) is 17.3 Å². The molecule has 1 aromatic rings. The number of rotatable bonds is 4. The molecule has 1 aliphatic rings. The SMILES string of the molecule is CC(C)(N)C(C)(C)CN1CCN(c2ccc(Cl)cc2)CC1. The van der Waals surface area contributed by atoms with Crippen molar-refractivity contribution in [3.63, 3.8) is 0 Å².